The summed E-state index contributed by atoms with van der Waals surface area (Å²) in [7, 11) is 0. The molecule has 0 aliphatic carbocycles. The number of rotatable bonds is 0. The van der Waals surface area contributed by atoms with E-state index in [1.54, 1.807) is 0 Å². The van der Waals surface area contributed by atoms with Crippen molar-refractivity contribution in [1.82, 2.24) is 0 Å². The third-order valence-electron chi connectivity index (χ3n) is 0.102. The van der Waals surface area contributed by atoms with Crippen molar-refractivity contribution in [2.45, 2.75) is 5.25 Å². The van der Waals surface area contributed by atoms with Gasteiger partial charge in [-0.25, -0.2) is 0 Å². The van der Waals surface area contributed by atoms with Crippen molar-refractivity contribution in [2.75, 3.05) is 0 Å². The van der Waals surface area contributed by atoms with Gasteiger partial charge >= 0.3 is 34.1 Å². The molecule has 0 aromatic carbocycles. The number of terminal acetylenes is 1. The summed E-state index contributed by atoms with van der Waals surface area (Å²) >= 11 is 1.94. The fourth-order valence-electron chi connectivity index (χ4n) is 0. The second-order valence-electron chi connectivity index (χ2n) is 0.381. The fraction of sp³-hybridized carbons (Fsp3) is 0.333. The van der Waals surface area contributed by atoms with Gasteiger partial charge in [-0.05, 0) is 0 Å². The van der Waals surface area contributed by atoms with E-state index >= 15 is 0 Å². The Kier molecular flexibility index (Phi) is 3.18. The van der Waals surface area contributed by atoms with E-state index in [2.05, 4.69) is 5.92 Å². The molecule has 0 heterocycles. The molecule has 0 rings (SSSR count). The van der Waals surface area contributed by atoms with Crippen LogP contribution in [-0.4, -0.2) is 16.5 Å². The minimum absolute atomic E-state index is 0.847. The molecule has 3 radical (unpaired) electrons. The maximum absolute atomic E-state index is 4.78. The Morgan fingerprint density at radius 3 is 2.25 bits per heavy atom. The molecule has 0 unspecified atom stereocenters. The molecule has 4 heavy (non-hydrogen) atoms. The molecule has 0 aliphatic rings. The molecule has 0 aromatic heterocycles. The van der Waals surface area contributed by atoms with Crippen LogP contribution in [0.25, 0.3) is 0 Å². The van der Waals surface area contributed by atoms with Crippen molar-refractivity contribution in [3.63, 3.8) is 0 Å². The van der Waals surface area contributed by atoms with Crippen molar-refractivity contribution in [1.29, 1.82) is 0 Å². The van der Waals surface area contributed by atoms with Gasteiger partial charge in [-0.3, -0.25) is 0 Å². The van der Waals surface area contributed by atoms with Crippen LogP contribution < -0.4 is 0 Å². The molecular formula is C3H3Ge. The van der Waals surface area contributed by atoms with Crippen LogP contribution in [0.15, 0.2) is 0 Å². The summed E-state index contributed by atoms with van der Waals surface area (Å²) in [4.78, 5) is 0. The molecule has 0 aliphatic heterocycles. The van der Waals surface area contributed by atoms with Crippen molar-refractivity contribution in [3.8, 4) is 12.3 Å². The summed E-state index contributed by atoms with van der Waals surface area (Å²) in [5, 5.41) is 0.847. The van der Waals surface area contributed by atoms with Gasteiger partial charge in [0.1, 0.15) is 0 Å². The van der Waals surface area contributed by atoms with E-state index in [-0.39, 0.29) is 0 Å². The molecule has 1 heteroatoms. The van der Waals surface area contributed by atoms with Gasteiger partial charge in [0, 0.05) is 0 Å². The summed E-state index contributed by atoms with van der Waals surface area (Å²) in [6.07, 6.45) is 4.78. The predicted octanol–water partition coefficient (Wildman–Crippen LogP) is 0.206. The van der Waals surface area contributed by atoms with Gasteiger partial charge in [0.2, 0.25) is 0 Å². The van der Waals surface area contributed by atoms with Crippen LogP contribution in [0.5, 0.6) is 0 Å². The van der Waals surface area contributed by atoms with E-state index in [0.29, 0.717) is 0 Å². The summed E-state index contributed by atoms with van der Waals surface area (Å²) < 4.78 is 0. The van der Waals surface area contributed by atoms with Gasteiger partial charge < -0.3 is 0 Å². The molecule has 0 aromatic rings. The van der Waals surface area contributed by atoms with Gasteiger partial charge in [0.05, 0.1) is 0 Å². The Labute approximate surface area is 34.8 Å². The number of hydrogen-bond donors (Lipinski definition) is 0. The van der Waals surface area contributed by atoms with Crippen LogP contribution >= 0.6 is 0 Å². The molecule has 0 nitrogen and oxygen atoms in total. The van der Waals surface area contributed by atoms with Gasteiger partial charge in [0.15, 0.2) is 0 Å². The van der Waals surface area contributed by atoms with E-state index in [0.717, 1.165) is 5.25 Å². The average Bonchev–Trinajstić information content (AvgIpc) is 1.37. The summed E-state index contributed by atoms with van der Waals surface area (Å²) in [5.74, 6) is 2.43. The van der Waals surface area contributed by atoms with E-state index in [1.807, 2.05) is 16.5 Å². The van der Waals surface area contributed by atoms with Crippen molar-refractivity contribution in [3.05, 3.63) is 0 Å². The minimum atomic E-state index is 0.847. The quantitative estimate of drug-likeness (QED) is 0.310. The summed E-state index contributed by atoms with van der Waals surface area (Å²) in [5.41, 5.74) is 0. The predicted molar refractivity (Wildman–Crippen MR) is 19.4 cm³/mol. The van der Waals surface area contributed by atoms with Gasteiger partial charge in [-0.15, -0.1) is 0 Å². The van der Waals surface area contributed by atoms with Crippen molar-refractivity contribution in [2.24, 2.45) is 0 Å². The molecule has 0 N–H and O–H groups in total. The number of hydrogen-bond acceptors (Lipinski definition) is 0. The Morgan fingerprint density at radius 1 is 2.00 bits per heavy atom. The first kappa shape index (κ1) is 4.10. The second-order valence-corrected chi connectivity index (χ2v) is 1.12. The van der Waals surface area contributed by atoms with Crippen LogP contribution in [0.2, 0.25) is 5.25 Å². The third kappa shape index (κ3) is 2.10. The first-order valence-electron chi connectivity index (χ1n) is 0.996. The van der Waals surface area contributed by atoms with Gasteiger partial charge in [-0.1, -0.05) is 0 Å². The fourth-order valence-corrected chi connectivity index (χ4v) is 0. The molecule has 0 spiro atoms. The molecule has 0 atom stereocenters. The maximum atomic E-state index is 4.78. The zero-order chi connectivity index (χ0) is 3.41. The average molecular weight is 112 g/mol. The Hall–Kier alpha value is 0.103. The zero-order valence-electron chi connectivity index (χ0n) is 2.28. The van der Waals surface area contributed by atoms with Crippen LogP contribution in [0.4, 0.5) is 0 Å². The SMILES string of the molecule is C#C[CH2][Ge]. The molecule has 0 amide bonds. The monoisotopic (exact) mass is 113 g/mol. The molecule has 19 valence electrons. The Balaban J connectivity index is 2.43. The van der Waals surface area contributed by atoms with Crippen LogP contribution in [0, 0.1) is 12.3 Å². The van der Waals surface area contributed by atoms with E-state index < -0.39 is 0 Å². The van der Waals surface area contributed by atoms with E-state index in [9.17, 15) is 0 Å². The topological polar surface area (TPSA) is 0 Å². The van der Waals surface area contributed by atoms with Crippen LogP contribution in [0.3, 0.4) is 0 Å². The Morgan fingerprint density at radius 2 is 2.25 bits per heavy atom. The van der Waals surface area contributed by atoms with Crippen molar-refractivity contribution < 1.29 is 0 Å². The summed E-state index contributed by atoms with van der Waals surface area (Å²) in [6, 6.07) is 0. The Bertz CT molecular complexity index is 33.0. The van der Waals surface area contributed by atoms with Crippen molar-refractivity contribution >= 4 is 16.5 Å². The zero-order valence-corrected chi connectivity index (χ0v) is 4.38. The summed E-state index contributed by atoms with van der Waals surface area (Å²) in [6.45, 7) is 0. The molecule has 0 fully saturated rings. The van der Waals surface area contributed by atoms with Gasteiger partial charge in [-0.2, -0.15) is 0 Å². The van der Waals surface area contributed by atoms with Gasteiger partial charge in [0.25, 0.3) is 0 Å². The first-order valence-corrected chi connectivity index (χ1v) is 2.48. The van der Waals surface area contributed by atoms with E-state index in [1.165, 1.54) is 0 Å². The van der Waals surface area contributed by atoms with E-state index in [4.69, 9.17) is 6.42 Å². The molecule has 0 saturated carbocycles. The molecule has 0 saturated heterocycles. The molecular weight excluding hydrogens is 109 g/mol. The second kappa shape index (κ2) is 3.10. The standard InChI is InChI=1S/C3H3Ge/c1-2-3-4/h1H,3H2. The third-order valence-corrected chi connectivity index (χ3v) is 0.530. The van der Waals surface area contributed by atoms with Crippen LogP contribution in [-0.2, 0) is 0 Å². The van der Waals surface area contributed by atoms with Crippen LogP contribution in [0.1, 0.15) is 0 Å². The normalized spacial score (nSPS) is 5.00. The first-order chi connectivity index (χ1) is 1.91. The molecule has 0 bridgehead atoms.